The lowest BCUT2D eigenvalue weighted by atomic mass is 10.2. The second-order valence-electron chi connectivity index (χ2n) is 2.43. The Morgan fingerprint density at radius 1 is 1.50 bits per heavy atom. The van der Waals surface area contributed by atoms with Gasteiger partial charge < -0.3 is 4.52 Å². The second kappa shape index (κ2) is 2.31. The van der Waals surface area contributed by atoms with Crippen LogP contribution < -0.4 is 0 Å². The van der Waals surface area contributed by atoms with E-state index >= 15 is 0 Å². The summed E-state index contributed by atoms with van der Waals surface area (Å²) < 4.78 is 4.88. The van der Waals surface area contributed by atoms with Gasteiger partial charge in [0.15, 0.2) is 0 Å². The molecule has 0 saturated carbocycles. The molecule has 4 heteroatoms. The van der Waals surface area contributed by atoms with Gasteiger partial charge >= 0.3 is 0 Å². The van der Waals surface area contributed by atoms with Gasteiger partial charge in [0.1, 0.15) is 11.8 Å². The highest BCUT2D eigenvalue weighted by Gasteiger charge is 2.04. The molecule has 0 spiro atoms. The Morgan fingerprint density at radius 3 is 3.08 bits per heavy atom. The van der Waals surface area contributed by atoms with Gasteiger partial charge in [-0.2, -0.15) is 10.2 Å². The third kappa shape index (κ3) is 0.839. The van der Waals surface area contributed by atoms with E-state index in [1.54, 1.807) is 12.1 Å². The summed E-state index contributed by atoms with van der Waals surface area (Å²) in [6.07, 6.45) is 0. The molecule has 0 fully saturated rings. The van der Waals surface area contributed by atoms with Gasteiger partial charge in [-0.25, -0.2) is 0 Å². The molecule has 2 rings (SSSR count). The first-order valence-corrected chi connectivity index (χ1v) is 3.44. The van der Waals surface area contributed by atoms with Crippen molar-refractivity contribution in [2.75, 3.05) is 0 Å². The summed E-state index contributed by atoms with van der Waals surface area (Å²) in [5.74, 6) is 0. The smallest absolute Gasteiger partial charge is 0.259 e. The van der Waals surface area contributed by atoms with Gasteiger partial charge in [0, 0.05) is 0 Å². The van der Waals surface area contributed by atoms with E-state index in [0.29, 0.717) is 11.4 Å². The highest BCUT2D eigenvalue weighted by Crippen LogP contribution is 2.15. The molecule has 0 aliphatic heterocycles. The molecule has 4 nitrogen and oxygen atoms in total. The number of hydrogen-bond acceptors (Lipinski definition) is 4. The summed E-state index contributed by atoms with van der Waals surface area (Å²) in [5, 5.41) is 13.1. The van der Waals surface area contributed by atoms with Gasteiger partial charge in [-0.1, -0.05) is 5.16 Å². The van der Waals surface area contributed by atoms with Crippen molar-refractivity contribution in [1.29, 1.82) is 5.26 Å². The standard InChI is InChI=1S/C8H5N3O/c1-5-7-3-2-6(4-9)10-8(7)12-11-5/h2-3H,1H3. The number of nitrogens with zero attached hydrogens (tertiary/aromatic N) is 3. The van der Waals surface area contributed by atoms with Crippen LogP contribution in [0.3, 0.4) is 0 Å². The lowest BCUT2D eigenvalue weighted by Gasteiger charge is -1.86. The molecule has 58 valence electrons. The molecule has 0 aliphatic carbocycles. The van der Waals surface area contributed by atoms with Crippen LogP contribution in [0.4, 0.5) is 0 Å². The average Bonchev–Trinajstić information content (AvgIpc) is 2.47. The Bertz CT molecular complexity index is 467. The Labute approximate surface area is 68.4 Å². The lowest BCUT2D eigenvalue weighted by molar-refractivity contribution is 0.442. The van der Waals surface area contributed by atoms with Crippen LogP contribution >= 0.6 is 0 Å². The topological polar surface area (TPSA) is 62.7 Å². The van der Waals surface area contributed by atoms with Gasteiger partial charge in [-0.15, -0.1) is 0 Å². The number of aromatic nitrogens is 2. The SMILES string of the molecule is Cc1noc2nc(C#N)ccc12. The second-order valence-corrected chi connectivity index (χ2v) is 2.43. The molecule has 0 bridgehead atoms. The number of nitriles is 1. The summed E-state index contributed by atoms with van der Waals surface area (Å²) in [6.45, 7) is 1.83. The van der Waals surface area contributed by atoms with Crippen LogP contribution in [0, 0.1) is 18.3 Å². The fourth-order valence-electron chi connectivity index (χ4n) is 1.01. The third-order valence-corrected chi connectivity index (χ3v) is 1.63. The minimum absolute atomic E-state index is 0.346. The summed E-state index contributed by atoms with van der Waals surface area (Å²) in [6, 6.07) is 5.36. The van der Waals surface area contributed by atoms with Crippen LogP contribution in [-0.4, -0.2) is 10.1 Å². The highest BCUT2D eigenvalue weighted by molar-refractivity contribution is 5.75. The van der Waals surface area contributed by atoms with Crippen LogP contribution in [-0.2, 0) is 0 Å². The quantitative estimate of drug-likeness (QED) is 0.582. The van der Waals surface area contributed by atoms with Crippen LogP contribution in [0.15, 0.2) is 16.7 Å². The summed E-state index contributed by atoms with van der Waals surface area (Å²) in [5.41, 5.74) is 1.56. The van der Waals surface area contributed by atoms with Gasteiger partial charge in [-0.3, -0.25) is 0 Å². The first-order chi connectivity index (χ1) is 5.81. The first-order valence-electron chi connectivity index (χ1n) is 3.44. The Morgan fingerprint density at radius 2 is 2.33 bits per heavy atom. The molecule has 0 aromatic carbocycles. The molecule has 2 heterocycles. The first kappa shape index (κ1) is 6.80. The molecule has 0 atom stereocenters. The van der Waals surface area contributed by atoms with Crippen molar-refractivity contribution < 1.29 is 4.52 Å². The monoisotopic (exact) mass is 159 g/mol. The Balaban J connectivity index is 2.80. The van der Waals surface area contributed by atoms with E-state index in [4.69, 9.17) is 9.78 Å². The zero-order valence-electron chi connectivity index (χ0n) is 6.40. The van der Waals surface area contributed by atoms with Crippen molar-refractivity contribution in [1.82, 2.24) is 10.1 Å². The van der Waals surface area contributed by atoms with Crippen molar-refractivity contribution in [2.24, 2.45) is 0 Å². The molecular weight excluding hydrogens is 154 g/mol. The molecule has 2 aromatic heterocycles. The van der Waals surface area contributed by atoms with Gasteiger partial charge in [0.25, 0.3) is 5.71 Å². The van der Waals surface area contributed by atoms with Crippen molar-refractivity contribution in [3.8, 4) is 6.07 Å². The molecule has 0 radical (unpaired) electrons. The van der Waals surface area contributed by atoms with Crippen LogP contribution in [0.2, 0.25) is 0 Å². The molecular formula is C8H5N3O. The molecule has 0 N–H and O–H groups in total. The molecule has 0 aliphatic rings. The highest BCUT2D eigenvalue weighted by atomic mass is 16.5. The summed E-state index contributed by atoms with van der Waals surface area (Å²) in [4.78, 5) is 3.92. The van der Waals surface area contributed by atoms with Gasteiger partial charge in [0.2, 0.25) is 0 Å². The normalized spacial score (nSPS) is 10.0. The molecule has 0 unspecified atom stereocenters. The van der Waals surface area contributed by atoms with E-state index in [-0.39, 0.29) is 0 Å². The fraction of sp³-hybridized carbons (Fsp3) is 0.125. The van der Waals surface area contributed by atoms with E-state index in [2.05, 4.69) is 10.1 Å². The van der Waals surface area contributed by atoms with Crippen molar-refractivity contribution in [3.05, 3.63) is 23.5 Å². The predicted octanol–water partition coefficient (Wildman–Crippen LogP) is 1.40. The van der Waals surface area contributed by atoms with Gasteiger partial charge in [0.05, 0.1) is 11.1 Å². The Kier molecular flexibility index (Phi) is 1.31. The van der Waals surface area contributed by atoms with Crippen LogP contribution in [0.5, 0.6) is 0 Å². The van der Waals surface area contributed by atoms with Crippen molar-refractivity contribution in [2.45, 2.75) is 6.92 Å². The molecule has 0 saturated heterocycles. The zero-order valence-corrected chi connectivity index (χ0v) is 6.40. The van der Waals surface area contributed by atoms with E-state index in [9.17, 15) is 0 Å². The van der Waals surface area contributed by atoms with Crippen LogP contribution in [0.1, 0.15) is 11.4 Å². The summed E-state index contributed by atoms with van der Waals surface area (Å²) >= 11 is 0. The molecule has 12 heavy (non-hydrogen) atoms. The van der Waals surface area contributed by atoms with Crippen molar-refractivity contribution in [3.63, 3.8) is 0 Å². The van der Waals surface area contributed by atoms with Crippen molar-refractivity contribution >= 4 is 11.1 Å². The largest absolute Gasteiger partial charge is 0.336 e. The number of fused-ring (bicyclic) bond motifs is 1. The summed E-state index contributed by atoms with van der Waals surface area (Å²) in [7, 11) is 0. The average molecular weight is 159 g/mol. The lowest BCUT2D eigenvalue weighted by Crippen LogP contribution is -1.80. The number of rotatable bonds is 0. The predicted molar refractivity (Wildman–Crippen MR) is 41.3 cm³/mol. The third-order valence-electron chi connectivity index (χ3n) is 1.63. The fourth-order valence-corrected chi connectivity index (χ4v) is 1.01. The molecule has 2 aromatic rings. The Hall–Kier alpha value is -1.89. The number of aryl methyl sites for hydroxylation is 1. The zero-order chi connectivity index (χ0) is 8.55. The maximum absolute atomic E-state index is 8.53. The minimum Gasteiger partial charge on any atom is -0.336 e. The van der Waals surface area contributed by atoms with E-state index in [1.807, 2.05) is 13.0 Å². The maximum Gasteiger partial charge on any atom is 0.259 e. The van der Waals surface area contributed by atoms with E-state index in [1.165, 1.54) is 0 Å². The van der Waals surface area contributed by atoms with Gasteiger partial charge in [-0.05, 0) is 19.1 Å². The van der Waals surface area contributed by atoms with E-state index in [0.717, 1.165) is 11.1 Å². The van der Waals surface area contributed by atoms with E-state index < -0.39 is 0 Å². The number of hydrogen-bond donors (Lipinski definition) is 0. The van der Waals surface area contributed by atoms with Crippen LogP contribution in [0.25, 0.3) is 11.1 Å². The maximum atomic E-state index is 8.53. The molecule has 0 amide bonds. The number of pyridine rings is 1. The minimum atomic E-state index is 0.346.